The minimum absolute atomic E-state index is 0.0227. The van der Waals surface area contributed by atoms with Crippen molar-refractivity contribution in [2.75, 3.05) is 5.32 Å². The van der Waals surface area contributed by atoms with Gasteiger partial charge in [-0.3, -0.25) is 4.79 Å². The van der Waals surface area contributed by atoms with E-state index in [-0.39, 0.29) is 22.7 Å². The van der Waals surface area contributed by atoms with Crippen molar-refractivity contribution < 1.29 is 19.8 Å². The molecule has 0 bridgehead atoms. The Balaban J connectivity index is 2.17. The Hall–Kier alpha value is -2.41. The molecule has 1 amide bonds. The number of pyridine rings is 1. The molecule has 6 nitrogen and oxygen atoms in total. The number of phenols is 1. The van der Waals surface area contributed by atoms with Gasteiger partial charge in [0.05, 0.1) is 11.1 Å². The lowest BCUT2D eigenvalue weighted by Crippen LogP contribution is -2.13. The average Bonchev–Trinajstić information content (AvgIpc) is 2.39. The third-order valence-corrected chi connectivity index (χ3v) is 2.95. The largest absolute Gasteiger partial charge is 0.507 e. The van der Waals surface area contributed by atoms with Crippen molar-refractivity contribution in [3.8, 4) is 5.75 Å². The molecule has 3 N–H and O–H groups in total. The van der Waals surface area contributed by atoms with Crippen LogP contribution in [0.4, 0.5) is 5.82 Å². The first kappa shape index (κ1) is 14.0. The van der Waals surface area contributed by atoms with Crippen molar-refractivity contribution in [2.45, 2.75) is 0 Å². The molecule has 0 radical (unpaired) electrons. The molecule has 0 saturated heterocycles. The van der Waals surface area contributed by atoms with Crippen molar-refractivity contribution in [3.05, 3.63) is 52.1 Å². The van der Waals surface area contributed by atoms with Gasteiger partial charge in [0.15, 0.2) is 0 Å². The third kappa shape index (κ3) is 3.12. The van der Waals surface area contributed by atoms with Gasteiger partial charge >= 0.3 is 5.97 Å². The molecule has 1 aromatic heterocycles. The maximum atomic E-state index is 11.9. The van der Waals surface area contributed by atoms with E-state index in [9.17, 15) is 14.7 Å². The van der Waals surface area contributed by atoms with Crippen LogP contribution in [-0.4, -0.2) is 27.1 Å². The number of aromatic carboxylic acids is 1. The number of carboxylic acids is 1. The Kier molecular flexibility index (Phi) is 3.99. The van der Waals surface area contributed by atoms with E-state index < -0.39 is 11.9 Å². The summed E-state index contributed by atoms with van der Waals surface area (Å²) in [6, 6.07) is 7.18. The molecule has 2 aromatic rings. The summed E-state index contributed by atoms with van der Waals surface area (Å²) in [5.74, 6) is -1.60. The molecule has 20 heavy (non-hydrogen) atoms. The molecule has 0 aliphatic heterocycles. The second-order valence-electron chi connectivity index (χ2n) is 3.85. The van der Waals surface area contributed by atoms with Crippen LogP contribution in [0.15, 0.2) is 41.0 Å². The number of halogens is 1. The Labute approximate surface area is 122 Å². The van der Waals surface area contributed by atoms with Crippen LogP contribution in [0.25, 0.3) is 0 Å². The van der Waals surface area contributed by atoms with E-state index in [2.05, 4.69) is 26.2 Å². The van der Waals surface area contributed by atoms with Crippen LogP contribution in [0.2, 0.25) is 0 Å². The van der Waals surface area contributed by atoms with Gasteiger partial charge in [0, 0.05) is 10.7 Å². The number of amides is 1. The second kappa shape index (κ2) is 5.70. The summed E-state index contributed by atoms with van der Waals surface area (Å²) in [7, 11) is 0. The number of carboxylic acid groups (broad SMARTS) is 1. The summed E-state index contributed by atoms with van der Waals surface area (Å²) >= 11 is 3.17. The maximum Gasteiger partial charge on any atom is 0.337 e. The standard InChI is InChI=1S/C13H9BrN2O4/c14-8-2-3-9(10(17)5-8)12(18)16-11-4-1-7(6-15-11)13(19)20/h1-6,17H,(H,19,20)(H,15,16,18). The number of benzene rings is 1. The summed E-state index contributed by atoms with van der Waals surface area (Å²) in [6.07, 6.45) is 1.14. The van der Waals surface area contributed by atoms with E-state index in [1.165, 1.54) is 24.3 Å². The van der Waals surface area contributed by atoms with Gasteiger partial charge in [-0.15, -0.1) is 0 Å². The van der Waals surface area contributed by atoms with E-state index in [0.29, 0.717) is 4.47 Å². The Morgan fingerprint density at radius 1 is 1.20 bits per heavy atom. The normalized spacial score (nSPS) is 10.1. The molecule has 102 valence electrons. The topological polar surface area (TPSA) is 99.5 Å². The molecular formula is C13H9BrN2O4. The Morgan fingerprint density at radius 2 is 1.95 bits per heavy atom. The number of nitrogens with zero attached hydrogens (tertiary/aromatic N) is 1. The number of anilines is 1. The monoisotopic (exact) mass is 336 g/mol. The average molecular weight is 337 g/mol. The van der Waals surface area contributed by atoms with E-state index in [1.807, 2.05) is 0 Å². The predicted octanol–water partition coefficient (Wildman–Crippen LogP) is 2.50. The van der Waals surface area contributed by atoms with Gasteiger partial charge in [-0.1, -0.05) is 15.9 Å². The molecule has 1 aromatic carbocycles. The van der Waals surface area contributed by atoms with E-state index in [1.54, 1.807) is 6.07 Å². The number of hydrogen-bond acceptors (Lipinski definition) is 4. The van der Waals surface area contributed by atoms with Crippen LogP contribution in [0.5, 0.6) is 5.75 Å². The molecule has 0 aliphatic carbocycles. The highest BCUT2D eigenvalue weighted by molar-refractivity contribution is 9.10. The molecule has 0 fully saturated rings. The summed E-state index contributed by atoms with van der Waals surface area (Å²) in [5, 5.41) is 20.9. The van der Waals surface area contributed by atoms with Gasteiger partial charge in [0.2, 0.25) is 0 Å². The smallest absolute Gasteiger partial charge is 0.337 e. The van der Waals surface area contributed by atoms with Crippen LogP contribution in [0.3, 0.4) is 0 Å². The van der Waals surface area contributed by atoms with Gasteiger partial charge in [0.1, 0.15) is 11.6 Å². The van der Waals surface area contributed by atoms with E-state index in [4.69, 9.17) is 5.11 Å². The number of carbonyl (C=O) groups excluding carboxylic acids is 1. The van der Waals surface area contributed by atoms with Crippen LogP contribution in [0, 0.1) is 0 Å². The number of aromatic nitrogens is 1. The minimum Gasteiger partial charge on any atom is -0.507 e. The molecule has 0 spiro atoms. The van der Waals surface area contributed by atoms with Crippen LogP contribution < -0.4 is 5.32 Å². The highest BCUT2D eigenvalue weighted by atomic mass is 79.9. The van der Waals surface area contributed by atoms with Crippen molar-refractivity contribution in [1.29, 1.82) is 0 Å². The summed E-state index contributed by atoms with van der Waals surface area (Å²) < 4.78 is 0.649. The van der Waals surface area contributed by atoms with Crippen LogP contribution >= 0.6 is 15.9 Å². The van der Waals surface area contributed by atoms with Crippen molar-refractivity contribution >= 4 is 33.6 Å². The number of nitrogens with one attached hydrogen (secondary N) is 1. The minimum atomic E-state index is -1.10. The first-order chi connectivity index (χ1) is 9.47. The van der Waals surface area contributed by atoms with Crippen molar-refractivity contribution in [3.63, 3.8) is 0 Å². The SMILES string of the molecule is O=C(O)c1ccc(NC(=O)c2ccc(Br)cc2O)nc1. The highest BCUT2D eigenvalue weighted by Crippen LogP contribution is 2.23. The second-order valence-corrected chi connectivity index (χ2v) is 4.77. The number of phenolic OH excluding ortho intramolecular Hbond substituents is 1. The summed E-state index contributed by atoms with van der Waals surface area (Å²) in [6.45, 7) is 0. The van der Waals surface area contributed by atoms with Crippen LogP contribution in [0.1, 0.15) is 20.7 Å². The lowest BCUT2D eigenvalue weighted by Gasteiger charge is -2.06. The van der Waals surface area contributed by atoms with Crippen molar-refractivity contribution in [2.24, 2.45) is 0 Å². The molecule has 7 heteroatoms. The first-order valence-corrected chi connectivity index (χ1v) is 6.26. The Bertz CT molecular complexity index is 671. The van der Waals surface area contributed by atoms with Gasteiger partial charge in [0.25, 0.3) is 5.91 Å². The first-order valence-electron chi connectivity index (χ1n) is 5.46. The Morgan fingerprint density at radius 3 is 2.50 bits per heavy atom. The number of rotatable bonds is 3. The number of hydrogen-bond donors (Lipinski definition) is 3. The zero-order valence-electron chi connectivity index (χ0n) is 10.0. The molecule has 0 aliphatic rings. The summed E-state index contributed by atoms with van der Waals surface area (Å²) in [4.78, 5) is 26.4. The zero-order valence-corrected chi connectivity index (χ0v) is 11.6. The van der Waals surface area contributed by atoms with Gasteiger partial charge < -0.3 is 15.5 Å². The van der Waals surface area contributed by atoms with Crippen LogP contribution in [-0.2, 0) is 0 Å². The molecule has 0 unspecified atom stereocenters. The summed E-state index contributed by atoms with van der Waals surface area (Å²) in [5.41, 5.74) is 0.117. The van der Waals surface area contributed by atoms with Gasteiger partial charge in [-0.05, 0) is 30.3 Å². The van der Waals surface area contributed by atoms with Gasteiger partial charge in [-0.2, -0.15) is 0 Å². The molecule has 0 atom stereocenters. The quantitative estimate of drug-likeness (QED) is 0.799. The number of carbonyl (C=O) groups is 2. The molecule has 1 heterocycles. The molecular weight excluding hydrogens is 328 g/mol. The maximum absolute atomic E-state index is 11.9. The fourth-order valence-electron chi connectivity index (χ4n) is 1.47. The third-order valence-electron chi connectivity index (χ3n) is 2.46. The molecule has 2 rings (SSSR count). The fraction of sp³-hybridized carbons (Fsp3) is 0. The molecule has 0 saturated carbocycles. The van der Waals surface area contributed by atoms with Gasteiger partial charge in [-0.25, -0.2) is 9.78 Å². The predicted molar refractivity (Wildman–Crippen MR) is 75.0 cm³/mol. The van der Waals surface area contributed by atoms with E-state index >= 15 is 0 Å². The lowest BCUT2D eigenvalue weighted by atomic mass is 10.2. The lowest BCUT2D eigenvalue weighted by molar-refractivity contribution is 0.0696. The van der Waals surface area contributed by atoms with E-state index in [0.717, 1.165) is 6.20 Å². The zero-order chi connectivity index (χ0) is 14.7. The van der Waals surface area contributed by atoms with Crippen molar-refractivity contribution in [1.82, 2.24) is 4.98 Å². The fourth-order valence-corrected chi connectivity index (χ4v) is 1.82. The highest BCUT2D eigenvalue weighted by Gasteiger charge is 2.12. The number of aromatic hydroxyl groups is 1.